The van der Waals surface area contributed by atoms with Gasteiger partial charge in [0.25, 0.3) is 11.6 Å². The monoisotopic (exact) mass is 491 g/mol. The molecule has 0 aliphatic rings. The van der Waals surface area contributed by atoms with E-state index in [1.54, 1.807) is 30.3 Å². The van der Waals surface area contributed by atoms with Crippen LogP contribution >= 0.6 is 15.9 Å². The fourth-order valence-corrected chi connectivity index (χ4v) is 3.41. The number of benzene rings is 3. The molecule has 0 bridgehead atoms. The molecule has 1 N–H and O–H groups in total. The number of nitriles is 1. The third-order valence-corrected chi connectivity index (χ3v) is 5.06. The smallest absolute Gasteiger partial charge is 0.269 e. The van der Waals surface area contributed by atoms with E-state index in [2.05, 4.69) is 27.3 Å². The van der Waals surface area contributed by atoms with Crippen molar-refractivity contribution in [2.24, 2.45) is 0 Å². The van der Waals surface area contributed by atoms with Gasteiger partial charge < -0.3 is 10.1 Å². The molecule has 3 aromatic rings. The lowest BCUT2D eigenvalue weighted by Crippen LogP contribution is -2.20. The van der Waals surface area contributed by atoms with Crippen LogP contribution in [0.1, 0.15) is 16.7 Å². The number of nitro groups is 1. The Balaban J connectivity index is 1.67. The number of nitro benzene ring substituents is 1. The molecule has 7 nitrogen and oxygen atoms in total. The lowest BCUT2D eigenvalue weighted by Gasteiger charge is -2.10. The molecule has 0 atom stereocenters. The van der Waals surface area contributed by atoms with Crippen molar-refractivity contribution >= 4 is 44.9 Å². The molecule has 0 spiro atoms. The summed E-state index contributed by atoms with van der Waals surface area (Å²) in [5.74, 6) is 0.201. The number of carbonyl (C=O) groups is 1. The standard InChI is InChI=1S/C24H18BrN3O4/c1-16-3-2-4-20(11-16)27-24(29)15-32-23-10-5-17(13-22(23)25)12-19(14-26)18-6-8-21(9-7-18)28(30)31/h2-13H,15H2,1H3,(H,27,29)/b19-12+. The van der Waals surface area contributed by atoms with Crippen molar-refractivity contribution in [3.8, 4) is 11.8 Å². The van der Waals surface area contributed by atoms with Crippen LogP contribution in [-0.4, -0.2) is 17.4 Å². The third-order valence-electron chi connectivity index (χ3n) is 4.44. The van der Waals surface area contributed by atoms with Crippen LogP contribution in [0.25, 0.3) is 11.6 Å². The summed E-state index contributed by atoms with van der Waals surface area (Å²) in [5.41, 5.74) is 3.36. The van der Waals surface area contributed by atoms with Gasteiger partial charge in [0.1, 0.15) is 5.75 Å². The van der Waals surface area contributed by atoms with E-state index in [1.165, 1.54) is 24.3 Å². The molecule has 0 fully saturated rings. The van der Waals surface area contributed by atoms with Crippen molar-refractivity contribution in [1.29, 1.82) is 5.26 Å². The number of aryl methyl sites for hydroxylation is 1. The number of hydrogen-bond donors (Lipinski definition) is 1. The summed E-state index contributed by atoms with van der Waals surface area (Å²) < 4.78 is 6.22. The van der Waals surface area contributed by atoms with Gasteiger partial charge in [-0.3, -0.25) is 14.9 Å². The Morgan fingerprint density at radius 2 is 1.94 bits per heavy atom. The fraction of sp³-hybridized carbons (Fsp3) is 0.0833. The molecule has 3 aromatic carbocycles. The average molecular weight is 492 g/mol. The number of allylic oxidation sites excluding steroid dienone is 1. The summed E-state index contributed by atoms with van der Waals surface area (Å²) in [4.78, 5) is 22.5. The molecular weight excluding hydrogens is 474 g/mol. The van der Waals surface area contributed by atoms with Crippen LogP contribution in [0.5, 0.6) is 5.75 Å². The maximum atomic E-state index is 12.1. The van der Waals surface area contributed by atoms with Gasteiger partial charge in [0.05, 0.1) is 21.0 Å². The van der Waals surface area contributed by atoms with E-state index >= 15 is 0 Å². The molecule has 3 rings (SSSR count). The summed E-state index contributed by atoms with van der Waals surface area (Å²) in [6, 6.07) is 20.6. The number of anilines is 1. The van der Waals surface area contributed by atoms with Gasteiger partial charge in [0.15, 0.2) is 6.61 Å². The molecule has 0 saturated carbocycles. The summed E-state index contributed by atoms with van der Waals surface area (Å²) in [6.07, 6.45) is 1.67. The van der Waals surface area contributed by atoms with Crippen LogP contribution in [0, 0.1) is 28.4 Å². The predicted octanol–water partition coefficient (Wildman–Crippen LogP) is 5.75. The van der Waals surface area contributed by atoms with Crippen molar-refractivity contribution in [3.05, 3.63) is 98.0 Å². The zero-order chi connectivity index (χ0) is 23.1. The van der Waals surface area contributed by atoms with E-state index in [0.29, 0.717) is 27.0 Å². The highest BCUT2D eigenvalue weighted by Crippen LogP contribution is 2.28. The van der Waals surface area contributed by atoms with Crippen LogP contribution in [0.4, 0.5) is 11.4 Å². The molecule has 0 aliphatic carbocycles. The van der Waals surface area contributed by atoms with Crippen LogP contribution in [0.3, 0.4) is 0 Å². The number of rotatable bonds is 7. The Kier molecular flexibility index (Phi) is 7.37. The maximum absolute atomic E-state index is 12.1. The summed E-state index contributed by atoms with van der Waals surface area (Å²) in [7, 11) is 0. The summed E-state index contributed by atoms with van der Waals surface area (Å²) in [6.45, 7) is 1.78. The molecule has 32 heavy (non-hydrogen) atoms. The predicted molar refractivity (Wildman–Crippen MR) is 126 cm³/mol. The molecule has 8 heteroatoms. The van der Waals surface area contributed by atoms with Crippen molar-refractivity contribution in [2.75, 3.05) is 11.9 Å². The number of hydrogen-bond acceptors (Lipinski definition) is 5. The van der Waals surface area contributed by atoms with Gasteiger partial charge >= 0.3 is 0 Å². The van der Waals surface area contributed by atoms with Crippen LogP contribution < -0.4 is 10.1 Å². The Morgan fingerprint density at radius 1 is 1.19 bits per heavy atom. The molecule has 0 aliphatic heterocycles. The number of amides is 1. The molecule has 0 radical (unpaired) electrons. The van der Waals surface area contributed by atoms with Crippen LogP contribution in [-0.2, 0) is 4.79 Å². The normalized spacial score (nSPS) is 10.8. The van der Waals surface area contributed by atoms with Crippen molar-refractivity contribution in [3.63, 3.8) is 0 Å². The first-order chi connectivity index (χ1) is 15.4. The SMILES string of the molecule is Cc1cccc(NC(=O)COc2ccc(/C=C(\C#N)c3ccc([N+](=O)[O-])cc3)cc2Br)c1. The molecule has 0 heterocycles. The Morgan fingerprint density at radius 3 is 2.56 bits per heavy atom. The number of ether oxygens (including phenoxy) is 1. The van der Waals surface area contributed by atoms with E-state index in [0.717, 1.165) is 11.1 Å². The van der Waals surface area contributed by atoms with Gasteiger partial charge in [-0.15, -0.1) is 0 Å². The topological polar surface area (TPSA) is 105 Å². The zero-order valence-corrected chi connectivity index (χ0v) is 18.6. The minimum Gasteiger partial charge on any atom is -0.483 e. The molecule has 0 aromatic heterocycles. The van der Waals surface area contributed by atoms with Gasteiger partial charge in [-0.05, 0) is 82.0 Å². The highest BCUT2D eigenvalue weighted by molar-refractivity contribution is 9.10. The minimum atomic E-state index is -0.490. The number of nitrogens with one attached hydrogen (secondary N) is 1. The lowest BCUT2D eigenvalue weighted by atomic mass is 10.0. The van der Waals surface area contributed by atoms with Crippen LogP contribution in [0.15, 0.2) is 71.2 Å². The second-order valence-corrected chi connectivity index (χ2v) is 7.72. The zero-order valence-electron chi connectivity index (χ0n) is 17.0. The molecule has 1 amide bonds. The van der Waals surface area contributed by atoms with Crippen molar-refractivity contribution < 1.29 is 14.5 Å². The first-order valence-electron chi connectivity index (χ1n) is 9.51. The first-order valence-corrected chi connectivity index (χ1v) is 10.3. The number of carbonyl (C=O) groups excluding carboxylic acids is 1. The van der Waals surface area contributed by atoms with Crippen molar-refractivity contribution in [1.82, 2.24) is 0 Å². The Labute approximate surface area is 193 Å². The number of nitrogens with zero attached hydrogens (tertiary/aromatic N) is 2. The van der Waals surface area contributed by atoms with E-state index < -0.39 is 4.92 Å². The van der Waals surface area contributed by atoms with Gasteiger partial charge in [-0.2, -0.15) is 5.26 Å². The number of halogens is 1. The Bertz CT molecular complexity index is 1230. The molecular formula is C24H18BrN3O4. The van der Waals surface area contributed by atoms with E-state index in [4.69, 9.17) is 4.74 Å². The second kappa shape index (κ2) is 10.4. The van der Waals surface area contributed by atoms with E-state index in [-0.39, 0.29) is 18.2 Å². The summed E-state index contributed by atoms with van der Waals surface area (Å²) >= 11 is 3.42. The van der Waals surface area contributed by atoms with E-state index in [9.17, 15) is 20.2 Å². The van der Waals surface area contributed by atoms with Gasteiger partial charge in [0.2, 0.25) is 0 Å². The van der Waals surface area contributed by atoms with E-state index in [1.807, 2.05) is 25.1 Å². The van der Waals surface area contributed by atoms with Crippen molar-refractivity contribution in [2.45, 2.75) is 6.92 Å². The first kappa shape index (κ1) is 22.7. The maximum Gasteiger partial charge on any atom is 0.269 e. The minimum absolute atomic E-state index is 0.0401. The fourth-order valence-electron chi connectivity index (χ4n) is 2.90. The quantitative estimate of drug-likeness (QED) is 0.196. The number of non-ortho nitro benzene ring substituents is 1. The van der Waals surface area contributed by atoms with Gasteiger partial charge in [-0.25, -0.2) is 0 Å². The Hall–Kier alpha value is -3.96. The highest BCUT2D eigenvalue weighted by atomic mass is 79.9. The lowest BCUT2D eigenvalue weighted by molar-refractivity contribution is -0.384. The average Bonchev–Trinajstić information content (AvgIpc) is 2.77. The molecule has 160 valence electrons. The van der Waals surface area contributed by atoms with Gasteiger partial charge in [-0.1, -0.05) is 18.2 Å². The third kappa shape index (κ3) is 6.03. The second-order valence-electron chi connectivity index (χ2n) is 6.87. The molecule has 0 unspecified atom stereocenters. The highest BCUT2D eigenvalue weighted by Gasteiger charge is 2.09. The molecule has 0 saturated heterocycles. The van der Waals surface area contributed by atoms with Crippen LogP contribution in [0.2, 0.25) is 0 Å². The van der Waals surface area contributed by atoms with Gasteiger partial charge in [0, 0.05) is 17.8 Å². The largest absolute Gasteiger partial charge is 0.483 e. The summed E-state index contributed by atoms with van der Waals surface area (Å²) in [5, 5.41) is 23.1.